The topological polar surface area (TPSA) is 113 Å². The molecule has 178 valence electrons. The molecule has 0 aromatic carbocycles. The molecular formula is C22H44N2O5S. The lowest BCUT2D eigenvalue weighted by Crippen LogP contribution is -2.27. The molecule has 0 spiro atoms. The molecule has 0 unspecified atom stereocenters. The third-order valence-corrected chi connectivity index (χ3v) is 5.89. The average molecular weight is 449 g/mol. The SMILES string of the molecule is CCNC(=O)CCCNC(=O)CCCCCCCCCCCCCCCS(=O)(=O)O. The Labute approximate surface area is 183 Å². The predicted octanol–water partition coefficient (Wildman–Crippen LogP) is 4.37. The summed E-state index contributed by atoms with van der Waals surface area (Å²) >= 11 is 0. The van der Waals surface area contributed by atoms with Gasteiger partial charge in [0.25, 0.3) is 10.1 Å². The van der Waals surface area contributed by atoms with E-state index < -0.39 is 10.1 Å². The van der Waals surface area contributed by atoms with Crippen molar-refractivity contribution in [1.29, 1.82) is 0 Å². The molecule has 0 aromatic heterocycles. The molecule has 30 heavy (non-hydrogen) atoms. The summed E-state index contributed by atoms with van der Waals surface area (Å²) in [6.07, 6.45) is 15.9. The number of nitrogens with one attached hydrogen (secondary N) is 2. The van der Waals surface area contributed by atoms with E-state index in [1.54, 1.807) is 0 Å². The number of amides is 2. The predicted molar refractivity (Wildman–Crippen MR) is 122 cm³/mol. The van der Waals surface area contributed by atoms with Gasteiger partial charge in [-0.05, 0) is 26.2 Å². The highest BCUT2D eigenvalue weighted by atomic mass is 32.2. The van der Waals surface area contributed by atoms with Gasteiger partial charge in [0.15, 0.2) is 0 Å². The molecule has 0 aliphatic heterocycles. The van der Waals surface area contributed by atoms with Crippen molar-refractivity contribution in [2.45, 2.75) is 110 Å². The molecule has 0 aromatic rings. The van der Waals surface area contributed by atoms with Gasteiger partial charge in [0, 0.05) is 25.9 Å². The second kappa shape index (κ2) is 19.8. The summed E-state index contributed by atoms with van der Waals surface area (Å²) in [5.74, 6) is 0.0149. The maximum absolute atomic E-state index is 11.7. The average Bonchev–Trinajstić information content (AvgIpc) is 2.67. The molecule has 0 saturated carbocycles. The fraction of sp³-hybridized carbons (Fsp3) is 0.909. The van der Waals surface area contributed by atoms with E-state index in [-0.39, 0.29) is 17.6 Å². The van der Waals surface area contributed by atoms with Crippen LogP contribution < -0.4 is 10.6 Å². The van der Waals surface area contributed by atoms with Gasteiger partial charge < -0.3 is 10.6 Å². The van der Waals surface area contributed by atoms with Crippen LogP contribution in [0.5, 0.6) is 0 Å². The highest BCUT2D eigenvalue weighted by molar-refractivity contribution is 7.85. The number of unbranched alkanes of at least 4 members (excludes halogenated alkanes) is 12. The lowest BCUT2D eigenvalue weighted by atomic mass is 10.0. The van der Waals surface area contributed by atoms with Crippen LogP contribution in [-0.2, 0) is 19.7 Å². The van der Waals surface area contributed by atoms with E-state index in [9.17, 15) is 18.0 Å². The quantitative estimate of drug-likeness (QED) is 0.178. The van der Waals surface area contributed by atoms with Crippen LogP contribution >= 0.6 is 0 Å². The molecule has 0 aliphatic rings. The monoisotopic (exact) mass is 448 g/mol. The second-order valence-electron chi connectivity index (χ2n) is 8.04. The smallest absolute Gasteiger partial charge is 0.264 e. The Bertz CT molecular complexity index is 538. The van der Waals surface area contributed by atoms with Gasteiger partial charge in [-0.15, -0.1) is 0 Å². The molecule has 0 heterocycles. The Morgan fingerprint density at radius 1 is 0.633 bits per heavy atom. The lowest BCUT2D eigenvalue weighted by molar-refractivity contribution is -0.123. The molecule has 0 aliphatic carbocycles. The van der Waals surface area contributed by atoms with E-state index in [1.165, 1.54) is 44.9 Å². The molecule has 0 bridgehead atoms. The van der Waals surface area contributed by atoms with Crippen LogP contribution in [0.1, 0.15) is 110 Å². The Morgan fingerprint density at radius 3 is 1.50 bits per heavy atom. The van der Waals surface area contributed by atoms with Crippen molar-refractivity contribution in [3.05, 3.63) is 0 Å². The first-order chi connectivity index (χ1) is 14.3. The number of hydrogen-bond acceptors (Lipinski definition) is 4. The number of carbonyl (C=O) groups excluding carboxylic acids is 2. The zero-order chi connectivity index (χ0) is 22.5. The van der Waals surface area contributed by atoms with E-state index in [4.69, 9.17) is 4.55 Å². The summed E-state index contributed by atoms with van der Waals surface area (Å²) in [7, 11) is -3.79. The van der Waals surface area contributed by atoms with E-state index in [1.807, 2.05) is 6.92 Å². The number of carbonyl (C=O) groups is 2. The zero-order valence-corrected chi connectivity index (χ0v) is 19.7. The van der Waals surface area contributed by atoms with E-state index >= 15 is 0 Å². The Kier molecular flexibility index (Phi) is 19.0. The van der Waals surface area contributed by atoms with Gasteiger partial charge in [0.1, 0.15) is 0 Å². The van der Waals surface area contributed by atoms with Crippen molar-refractivity contribution in [2.75, 3.05) is 18.8 Å². The summed E-state index contributed by atoms with van der Waals surface area (Å²) < 4.78 is 29.8. The fourth-order valence-corrected chi connectivity index (χ4v) is 3.93. The lowest BCUT2D eigenvalue weighted by Gasteiger charge is -2.06. The van der Waals surface area contributed by atoms with Crippen molar-refractivity contribution < 1.29 is 22.6 Å². The van der Waals surface area contributed by atoms with E-state index in [2.05, 4.69) is 10.6 Å². The molecule has 8 heteroatoms. The Balaban J connectivity index is 3.23. The first-order valence-electron chi connectivity index (χ1n) is 11.8. The summed E-state index contributed by atoms with van der Waals surface area (Å²) in [5, 5.41) is 5.62. The largest absolute Gasteiger partial charge is 0.356 e. The highest BCUT2D eigenvalue weighted by Crippen LogP contribution is 2.13. The number of hydrogen-bond donors (Lipinski definition) is 3. The van der Waals surface area contributed by atoms with Gasteiger partial charge in [-0.3, -0.25) is 14.1 Å². The van der Waals surface area contributed by atoms with Crippen molar-refractivity contribution in [2.24, 2.45) is 0 Å². The number of rotatable bonds is 21. The summed E-state index contributed by atoms with van der Waals surface area (Å²) in [5.41, 5.74) is 0. The minimum Gasteiger partial charge on any atom is -0.356 e. The van der Waals surface area contributed by atoms with Crippen molar-refractivity contribution in [1.82, 2.24) is 10.6 Å². The van der Waals surface area contributed by atoms with Gasteiger partial charge in [0.05, 0.1) is 5.75 Å². The van der Waals surface area contributed by atoms with Crippen LogP contribution in [0.25, 0.3) is 0 Å². The maximum Gasteiger partial charge on any atom is 0.264 e. The summed E-state index contributed by atoms with van der Waals surface area (Å²) in [6.45, 7) is 3.11. The van der Waals surface area contributed by atoms with Crippen LogP contribution in [0, 0.1) is 0 Å². The van der Waals surface area contributed by atoms with Crippen molar-refractivity contribution >= 4 is 21.9 Å². The molecular weight excluding hydrogens is 404 g/mol. The van der Waals surface area contributed by atoms with Gasteiger partial charge >= 0.3 is 0 Å². The molecule has 0 radical (unpaired) electrons. The third kappa shape index (κ3) is 23.1. The molecule has 0 rings (SSSR count). The van der Waals surface area contributed by atoms with Crippen molar-refractivity contribution in [3.8, 4) is 0 Å². The normalized spacial score (nSPS) is 11.4. The summed E-state index contributed by atoms with van der Waals surface area (Å²) in [4.78, 5) is 23.0. The van der Waals surface area contributed by atoms with Gasteiger partial charge in [-0.25, -0.2) is 0 Å². The molecule has 3 N–H and O–H groups in total. The van der Waals surface area contributed by atoms with Crippen molar-refractivity contribution in [3.63, 3.8) is 0 Å². The van der Waals surface area contributed by atoms with Crippen LogP contribution in [0.3, 0.4) is 0 Å². The van der Waals surface area contributed by atoms with Crippen LogP contribution in [0.2, 0.25) is 0 Å². The highest BCUT2D eigenvalue weighted by Gasteiger charge is 2.04. The minimum atomic E-state index is -3.79. The third-order valence-electron chi connectivity index (χ3n) is 5.08. The first-order valence-corrected chi connectivity index (χ1v) is 13.4. The molecule has 7 nitrogen and oxygen atoms in total. The van der Waals surface area contributed by atoms with Gasteiger partial charge in [-0.1, -0.05) is 70.6 Å². The summed E-state index contributed by atoms with van der Waals surface area (Å²) in [6, 6.07) is 0. The van der Waals surface area contributed by atoms with Crippen LogP contribution in [-0.4, -0.2) is 43.6 Å². The molecule has 0 fully saturated rings. The molecule has 2 amide bonds. The standard InChI is InChI=1S/C22H44N2O5S/c1-2-23-21(25)18-16-19-24-22(26)17-14-12-10-8-6-4-3-5-7-9-11-13-15-20-30(27,28)29/h2-20H2,1H3,(H,23,25)(H,24,26)(H,27,28,29). The Morgan fingerprint density at radius 2 is 1.03 bits per heavy atom. The van der Waals surface area contributed by atoms with Crippen LogP contribution in [0.4, 0.5) is 0 Å². The van der Waals surface area contributed by atoms with E-state index in [0.29, 0.717) is 38.8 Å². The molecule has 0 atom stereocenters. The van der Waals surface area contributed by atoms with Gasteiger partial charge in [0.2, 0.25) is 11.8 Å². The second-order valence-corrected chi connectivity index (χ2v) is 9.61. The minimum absolute atomic E-state index is 0.0421. The van der Waals surface area contributed by atoms with Crippen LogP contribution in [0.15, 0.2) is 0 Å². The van der Waals surface area contributed by atoms with E-state index in [0.717, 1.165) is 32.1 Å². The first kappa shape index (κ1) is 28.9. The fourth-order valence-electron chi connectivity index (χ4n) is 3.37. The molecule has 0 saturated heterocycles. The van der Waals surface area contributed by atoms with Gasteiger partial charge in [-0.2, -0.15) is 8.42 Å². The zero-order valence-electron chi connectivity index (χ0n) is 18.9. The maximum atomic E-state index is 11.7. The Hall–Kier alpha value is -1.15.